The Kier molecular flexibility index (Phi) is 5.62. The first-order valence-corrected chi connectivity index (χ1v) is 7.72. The second-order valence-electron chi connectivity index (χ2n) is 4.01. The highest BCUT2D eigenvalue weighted by Gasteiger charge is 2.09. The first kappa shape index (κ1) is 15.3. The predicted molar refractivity (Wildman–Crippen MR) is 73.4 cm³/mol. The van der Waals surface area contributed by atoms with Crippen LogP contribution in [-0.4, -0.2) is 37.6 Å². The number of nitrogens with zero attached hydrogens (tertiary/aromatic N) is 1. The molecule has 7 heteroatoms. The molecule has 0 aliphatic rings. The van der Waals surface area contributed by atoms with Gasteiger partial charge < -0.3 is 15.7 Å². The normalized spacial score (nSPS) is 12.4. The van der Waals surface area contributed by atoms with E-state index in [4.69, 9.17) is 15.7 Å². The average Bonchev–Trinajstić information content (AvgIpc) is 2.38. The molecule has 0 fully saturated rings. The van der Waals surface area contributed by atoms with Gasteiger partial charge in [0.05, 0.1) is 11.5 Å². The van der Waals surface area contributed by atoms with Crippen molar-refractivity contribution in [3.05, 3.63) is 29.8 Å². The van der Waals surface area contributed by atoms with Gasteiger partial charge >= 0.3 is 0 Å². The lowest BCUT2D eigenvalue weighted by Crippen LogP contribution is -2.17. The minimum absolute atomic E-state index is 0.0192. The molecule has 0 aliphatic carbocycles. The summed E-state index contributed by atoms with van der Waals surface area (Å²) >= 11 is 0. The van der Waals surface area contributed by atoms with Gasteiger partial charge in [-0.15, -0.1) is 0 Å². The molecule has 0 spiro atoms. The Hall–Kier alpha value is -1.76. The number of sulfone groups is 1. The van der Waals surface area contributed by atoms with E-state index >= 15 is 0 Å². The van der Waals surface area contributed by atoms with Crippen LogP contribution in [0.15, 0.2) is 29.4 Å². The second-order valence-corrected chi connectivity index (χ2v) is 6.32. The van der Waals surface area contributed by atoms with Crippen molar-refractivity contribution >= 4 is 15.7 Å². The van der Waals surface area contributed by atoms with Gasteiger partial charge in [-0.1, -0.05) is 24.2 Å². The third-order valence-corrected chi connectivity index (χ3v) is 4.23. The van der Waals surface area contributed by atoms with Crippen LogP contribution in [0, 0.1) is 0 Å². The highest BCUT2D eigenvalue weighted by atomic mass is 32.2. The van der Waals surface area contributed by atoms with Gasteiger partial charge in [0.25, 0.3) is 0 Å². The van der Waals surface area contributed by atoms with Gasteiger partial charge in [-0.25, -0.2) is 8.42 Å². The quantitative estimate of drug-likeness (QED) is 0.337. The third kappa shape index (κ3) is 5.17. The van der Waals surface area contributed by atoms with E-state index in [1.807, 2.05) is 6.92 Å². The minimum atomic E-state index is -3.05. The molecule has 0 aromatic heterocycles. The Bertz CT molecular complexity index is 540. The van der Waals surface area contributed by atoms with Crippen LogP contribution in [0.2, 0.25) is 0 Å². The summed E-state index contributed by atoms with van der Waals surface area (Å²) in [5.74, 6) is 0.606. The van der Waals surface area contributed by atoms with Crippen molar-refractivity contribution in [1.82, 2.24) is 0 Å². The number of amidine groups is 1. The van der Waals surface area contributed by atoms with Gasteiger partial charge in [0, 0.05) is 5.56 Å². The summed E-state index contributed by atoms with van der Waals surface area (Å²) in [4.78, 5) is 0. The van der Waals surface area contributed by atoms with E-state index < -0.39 is 9.84 Å². The van der Waals surface area contributed by atoms with Gasteiger partial charge in [0.1, 0.15) is 12.4 Å². The third-order valence-electron chi connectivity index (χ3n) is 2.42. The summed E-state index contributed by atoms with van der Waals surface area (Å²) in [7, 11) is -3.05. The zero-order valence-electron chi connectivity index (χ0n) is 10.7. The van der Waals surface area contributed by atoms with E-state index in [-0.39, 0.29) is 23.9 Å². The Morgan fingerprint density at radius 1 is 1.42 bits per heavy atom. The number of nitrogens with two attached hydrogens (primary N) is 1. The molecule has 1 aromatic rings. The summed E-state index contributed by atoms with van der Waals surface area (Å²) in [6.07, 6.45) is 0.599. The monoisotopic (exact) mass is 286 g/mol. The van der Waals surface area contributed by atoms with Gasteiger partial charge in [0.2, 0.25) is 0 Å². The molecule has 0 amide bonds. The first-order valence-electron chi connectivity index (χ1n) is 5.89. The summed E-state index contributed by atoms with van der Waals surface area (Å²) in [5.41, 5.74) is 5.96. The van der Waals surface area contributed by atoms with Crippen LogP contribution in [0.3, 0.4) is 0 Å². The molecule has 0 heterocycles. The van der Waals surface area contributed by atoms with E-state index in [0.717, 1.165) is 0 Å². The van der Waals surface area contributed by atoms with Crippen molar-refractivity contribution in [2.24, 2.45) is 10.9 Å². The number of hydrogen-bond donors (Lipinski definition) is 2. The number of rotatable bonds is 7. The molecule has 19 heavy (non-hydrogen) atoms. The number of ether oxygens (including phenoxy) is 1. The van der Waals surface area contributed by atoms with Crippen LogP contribution in [0.1, 0.15) is 18.9 Å². The Morgan fingerprint density at radius 3 is 2.79 bits per heavy atom. The molecular formula is C12H18N2O4S. The van der Waals surface area contributed by atoms with Crippen molar-refractivity contribution in [1.29, 1.82) is 0 Å². The predicted octanol–water partition coefficient (Wildman–Crippen LogP) is 0.985. The highest BCUT2D eigenvalue weighted by Crippen LogP contribution is 2.13. The molecule has 0 atom stereocenters. The average molecular weight is 286 g/mol. The van der Waals surface area contributed by atoms with Crippen LogP contribution in [-0.2, 0) is 9.84 Å². The molecule has 0 unspecified atom stereocenters. The number of benzene rings is 1. The summed E-state index contributed by atoms with van der Waals surface area (Å²) in [5, 5.41) is 11.5. The molecule has 0 bridgehead atoms. The lowest BCUT2D eigenvalue weighted by atomic mass is 10.2. The van der Waals surface area contributed by atoms with Gasteiger partial charge in [0.15, 0.2) is 15.7 Å². The molecule has 0 saturated heterocycles. The molecule has 1 rings (SSSR count). The SMILES string of the molecule is CCCS(=O)(=O)CCOc1cccc(/C(N)=N/O)c1. The highest BCUT2D eigenvalue weighted by molar-refractivity contribution is 7.91. The molecule has 0 aliphatic heterocycles. The minimum Gasteiger partial charge on any atom is -0.493 e. The molecular weight excluding hydrogens is 268 g/mol. The smallest absolute Gasteiger partial charge is 0.170 e. The zero-order chi connectivity index (χ0) is 14.3. The fourth-order valence-electron chi connectivity index (χ4n) is 1.50. The van der Waals surface area contributed by atoms with Crippen molar-refractivity contribution in [2.45, 2.75) is 13.3 Å². The van der Waals surface area contributed by atoms with Crippen molar-refractivity contribution < 1.29 is 18.4 Å². The standard InChI is InChI=1S/C12H18N2O4S/c1-2-7-19(16,17)8-6-18-11-5-3-4-10(9-11)12(13)14-15/h3-5,9,15H,2,6-8H2,1H3,(H2,13,14). The summed E-state index contributed by atoms with van der Waals surface area (Å²) in [6, 6.07) is 6.61. The number of hydrogen-bond acceptors (Lipinski definition) is 5. The lowest BCUT2D eigenvalue weighted by molar-refractivity contribution is 0.318. The van der Waals surface area contributed by atoms with Gasteiger partial charge in [-0.3, -0.25) is 0 Å². The van der Waals surface area contributed by atoms with Crippen LogP contribution < -0.4 is 10.5 Å². The van der Waals surface area contributed by atoms with E-state index in [1.165, 1.54) is 0 Å². The van der Waals surface area contributed by atoms with E-state index in [0.29, 0.717) is 17.7 Å². The van der Waals surface area contributed by atoms with Crippen molar-refractivity contribution in [2.75, 3.05) is 18.1 Å². The zero-order valence-corrected chi connectivity index (χ0v) is 11.6. The molecule has 6 nitrogen and oxygen atoms in total. The Balaban J connectivity index is 2.59. The molecule has 0 saturated carbocycles. The maximum atomic E-state index is 11.5. The fourth-order valence-corrected chi connectivity index (χ4v) is 2.67. The van der Waals surface area contributed by atoms with Crippen molar-refractivity contribution in [3.8, 4) is 5.75 Å². The van der Waals surface area contributed by atoms with E-state index in [1.54, 1.807) is 24.3 Å². The second kappa shape index (κ2) is 6.98. The van der Waals surface area contributed by atoms with Crippen LogP contribution in [0.4, 0.5) is 0 Å². The Labute approximate surface area is 112 Å². The number of oxime groups is 1. The maximum absolute atomic E-state index is 11.5. The first-order chi connectivity index (χ1) is 8.98. The molecule has 0 radical (unpaired) electrons. The summed E-state index contributed by atoms with van der Waals surface area (Å²) < 4.78 is 28.3. The molecule has 106 valence electrons. The van der Waals surface area contributed by atoms with Crippen LogP contribution in [0.5, 0.6) is 5.75 Å². The van der Waals surface area contributed by atoms with Crippen molar-refractivity contribution in [3.63, 3.8) is 0 Å². The summed E-state index contributed by atoms with van der Waals surface area (Å²) in [6.45, 7) is 1.90. The molecule has 3 N–H and O–H groups in total. The largest absolute Gasteiger partial charge is 0.493 e. The lowest BCUT2D eigenvalue weighted by Gasteiger charge is -2.08. The molecule has 1 aromatic carbocycles. The maximum Gasteiger partial charge on any atom is 0.170 e. The Morgan fingerprint density at radius 2 is 2.16 bits per heavy atom. The van der Waals surface area contributed by atoms with Crippen LogP contribution >= 0.6 is 0 Å². The van der Waals surface area contributed by atoms with Gasteiger partial charge in [-0.2, -0.15) is 0 Å². The van der Waals surface area contributed by atoms with Gasteiger partial charge in [-0.05, 0) is 18.6 Å². The fraction of sp³-hybridized carbons (Fsp3) is 0.417. The van der Waals surface area contributed by atoms with E-state index in [9.17, 15) is 8.42 Å². The topological polar surface area (TPSA) is 102 Å². The van der Waals surface area contributed by atoms with Crippen LogP contribution in [0.25, 0.3) is 0 Å². The van der Waals surface area contributed by atoms with E-state index in [2.05, 4.69) is 5.16 Å².